The van der Waals surface area contributed by atoms with Gasteiger partial charge in [0.25, 0.3) is 5.91 Å². The van der Waals surface area contributed by atoms with E-state index in [1.54, 1.807) is 24.3 Å². The molecule has 0 saturated heterocycles. The van der Waals surface area contributed by atoms with E-state index in [2.05, 4.69) is 11.9 Å². The Kier molecular flexibility index (Phi) is 4.07. The van der Waals surface area contributed by atoms with E-state index in [-0.39, 0.29) is 17.1 Å². The van der Waals surface area contributed by atoms with E-state index in [1.165, 1.54) is 0 Å². The quantitative estimate of drug-likeness (QED) is 0.718. The zero-order valence-electron chi connectivity index (χ0n) is 15.2. The van der Waals surface area contributed by atoms with Crippen molar-refractivity contribution in [3.8, 4) is 5.75 Å². The summed E-state index contributed by atoms with van der Waals surface area (Å²) < 4.78 is 11.3. The Morgan fingerprint density at radius 3 is 2.56 bits per heavy atom. The Balaban J connectivity index is 1.83. The molecule has 27 heavy (non-hydrogen) atoms. The van der Waals surface area contributed by atoms with Crippen molar-refractivity contribution in [2.24, 2.45) is 0 Å². The molecular weight excluding hydrogens is 342 g/mol. The van der Waals surface area contributed by atoms with Gasteiger partial charge in [-0.05, 0) is 54.8 Å². The minimum absolute atomic E-state index is 0.0905. The molecule has 0 radical (unpaired) electrons. The van der Waals surface area contributed by atoms with Crippen molar-refractivity contribution in [3.63, 3.8) is 0 Å². The van der Waals surface area contributed by atoms with Crippen molar-refractivity contribution < 1.29 is 13.9 Å². The SMILES string of the molecule is C=CCOc1ccc(C2NC(=O)c3oc4cc(C)c(C)cc4c(=O)c32)cc1. The molecule has 2 heterocycles. The number of amides is 1. The summed E-state index contributed by atoms with van der Waals surface area (Å²) in [4.78, 5) is 25.6. The van der Waals surface area contributed by atoms with Crippen molar-refractivity contribution in [3.05, 3.63) is 87.3 Å². The van der Waals surface area contributed by atoms with Crippen LogP contribution in [0.15, 0.2) is 58.3 Å². The number of benzene rings is 2. The highest BCUT2D eigenvalue weighted by Gasteiger charge is 2.35. The van der Waals surface area contributed by atoms with E-state index in [1.807, 2.05) is 32.0 Å². The lowest BCUT2D eigenvalue weighted by molar-refractivity contribution is 0.0938. The number of hydrogen-bond donors (Lipinski definition) is 1. The number of aryl methyl sites for hydroxylation is 2. The summed E-state index contributed by atoms with van der Waals surface area (Å²) in [6.45, 7) is 7.93. The summed E-state index contributed by atoms with van der Waals surface area (Å²) in [5.74, 6) is 0.409. The molecule has 1 N–H and O–H groups in total. The fourth-order valence-electron chi connectivity index (χ4n) is 3.33. The molecule has 1 aliphatic rings. The van der Waals surface area contributed by atoms with Gasteiger partial charge in [0.1, 0.15) is 17.9 Å². The Morgan fingerprint density at radius 1 is 1.15 bits per heavy atom. The second-order valence-corrected chi connectivity index (χ2v) is 6.68. The molecule has 136 valence electrons. The molecular formula is C22H19NO4. The van der Waals surface area contributed by atoms with Gasteiger partial charge in [-0.2, -0.15) is 0 Å². The van der Waals surface area contributed by atoms with Crippen LogP contribution in [-0.2, 0) is 0 Å². The summed E-state index contributed by atoms with van der Waals surface area (Å²) in [6, 6.07) is 10.4. The average molecular weight is 361 g/mol. The molecule has 1 aromatic heterocycles. The number of ether oxygens (including phenoxy) is 1. The average Bonchev–Trinajstić information content (AvgIpc) is 2.99. The van der Waals surface area contributed by atoms with Crippen molar-refractivity contribution in [1.29, 1.82) is 0 Å². The molecule has 1 unspecified atom stereocenters. The first-order valence-corrected chi connectivity index (χ1v) is 8.72. The predicted octanol–water partition coefficient (Wildman–Crippen LogP) is 3.81. The number of fused-ring (bicyclic) bond motifs is 2. The Bertz CT molecular complexity index is 1130. The number of carbonyl (C=O) groups excluding carboxylic acids is 1. The maximum absolute atomic E-state index is 13.1. The molecule has 2 aromatic carbocycles. The summed E-state index contributed by atoms with van der Waals surface area (Å²) in [7, 11) is 0. The molecule has 1 aliphatic heterocycles. The molecule has 5 heteroatoms. The first-order chi connectivity index (χ1) is 13.0. The third-order valence-electron chi connectivity index (χ3n) is 4.89. The van der Waals surface area contributed by atoms with Gasteiger partial charge in [-0.25, -0.2) is 0 Å². The predicted molar refractivity (Wildman–Crippen MR) is 103 cm³/mol. The van der Waals surface area contributed by atoms with Crippen LogP contribution in [0.1, 0.15) is 38.9 Å². The van der Waals surface area contributed by atoms with Crippen molar-refractivity contribution in [2.45, 2.75) is 19.9 Å². The summed E-state index contributed by atoms with van der Waals surface area (Å²) in [6.07, 6.45) is 1.67. The van der Waals surface area contributed by atoms with Crippen LogP contribution in [0.5, 0.6) is 5.75 Å². The Labute approximate surface area is 156 Å². The minimum Gasteiger partial charge on any atom is -0.490 e. The molecule has 3 aromatic rings. The summed E-state index contributed by atoms with van der Waals surface area (Å²) in [5.41, 5.74) is 3.43. The van der Waals surface area contributed by atoms with Crippen LogP contribution in [0.3, 0.4) is 0 Å². The van der Waals surface area contributed by atoms with Gasteiger partial charge in [0, 0.05) is 0 Å². The third kappa shape index (κ3) is 2.81. The highest BCUT2D eigenvalue weighted by molar-refractivity contribution is 5.99. The van der Waals surface area contributed by atoms with Crippen molar-refractivity contribution in [2.75, 3.05) is 6.61 Å². The van der Waals surface area contributed by atoms with Gasteiger partial charge in [0.2, 0.25) is 5.76 Å². The lowest BCUT2D eigenvalue weighted by Crippen LogP contribution is -2.21. The fraction of sp³-hybridized carbons (Fsp3) is 0.182. The van der Waals surface area contributed by atoms with Crippen molar-refractivity contribution in [1.82, 2.24) is 5.32 Å². The van der Waals surface area contributed by atoms with E-state index in [0.29, 0.717) is 28.9 Å². The maximum Gasteiger partial charge on any atom is 0.288 e. The molecule has 1 atom stereocenters. The molecule has 0 spiro atoms. The Morgan fingerprint density at radius 2 is 1.85 bits per heavy atom. The van der Waals surface area contributed by atoms with Gasteiger partial charge >= 0.3 is 0 Å². The van der Waals surface area contributed by atoms with Crippen LogP contribution in [-0.4, -0.2) is 12.5 Å². The van der Waals surface area contributed by atoms with Crippen LogP contribution in [0, 0.1) is 13.8 Å². The topological polar surface area (TPSA) is 68.5 Å². The highest BCUT2D eigenvalue weighted by atomic mass is 16.5. The molecule has 0 bridgehead atoms. The summed E-state index contributed by atoms with van der Waals surface area (Å²) in [5, 5.41) is 3.34. The van der Waals surface area contributed by atoms with E-state index < -0.39 is 6.04 Å². The summed E-state index contributed by atoms with van der Waals surface area (Å²) >= 11 is 0. The lowest BCUT2D eigenvalue weighted by Gasteiger charge is -2.13. The van der Waals surface area contributed by atoms with E-state index in [0.717, 1.165) is 16.7 Å². The van der Waals surface area contributed by atoms with Gasteiger partial charge in [-0.15, -0.1) is 0 Å². The highest BCUT2D eigenvalue weighted by Crippen LogP contribution is 2.32. The normalized spacial score (nSPS) is 15.5. The lowest BCUT2D eigenvalue weighted by atomic mass is 9.98. The minimum atomic E-state index is -0.539. The zero-order valence-corrected chi connectivity index (χ0v) is 15.2. The van der Waals surface area contributed by atoms with Gasteiger partial charge in [-0.3, -0.25) is 9.59 Å². The van der Waals surface area contributed by atoms with Crippen LogP contribution in [0.4, 0.5) is 0 Å². The number of nitrogens with one attached hydrogen (secondary N) is 1. The van der Waals surface area contributed by atoms with E-state index in [9.17, 15) is 9.59 Å². The molecule has 0 saturated carbocycles. The molecule has 0 aliphatic carbocycles. The Hall–Kier alpha value is -3.34. The van der Waals surface area contributed by atoms with Gasteiger partial charge in [0.15, 0.2) is 5.43 Å². The first-order valence-electron chi connectivity index (χ1n) is 8.72. The zero-order chi connectivity index (χ0) is 19.1. The third-order valence-corrected chi connectivity index (χ3v) is 4.89. The number of carbonyl (C=O) groups is 1. The monoisotopic (exact) mass is 361 g/mol. The van der Waals surface area contributed by atoms with Crippen LogP contribution in [0.25, 0.3) is 11.0 Å². The van der Waals surface area contributed by atoms with Crippen LogP contribution < -0.4 is 15.5 Å². The molecule has 0 fully saturated rings. The second kappa shape index (κ2) is 6.43. The van der Waals surface area contributed by atoms with Gasteiger partial charge < -0.3 is 14.5 Å². The standard InChI is InChI=1S/C22H19NO4/c1-4-9-26-15-7-5-14(6-8-15)19-18-20(24)16-10-12(2)13(3)11-17(16)27-21(18)22(25)23-19/h4-8,10-11,19H,1,9H2,2-3H3,(H,23,25). The number of hydrogen-bond acceptors (Lipinski definition) is 4. The van der Waals surface area contributed by atoms with Gasteiger partial charge in [-0.1, -0.05) is 24.8 Å². The molecule has 1 amide bonds. The second-order valence-electron chi connectivity index (χ2n) is 6.68. The fourth-order valence-corrected chi connectivity index (χ4v) is 3.33. The van der Waals surface area contributed by atoms with Crippen LogP contribution >= 0.6 is 0 Å². The van der Waals surface area contributed by atoms with Crippen LogP contribution in [0.2, 0.25) is 0 Å². The maximum atomic E-state index is 13.1. The van der Waals surface area contributed by atoms with Gasteiger partial charge in [0.05, 0.1) is 17.0 Å². The van der Waals surface area contributed by atoms with E-state index >= 15 is 0 Å². The first kappa shape index (κ1) is 17.1. The number of rotatable bonds is 4. The largest absolute Gasteiger partial charge is 0.490 e. The smallest absolute Gasteiger partial charge is 0.288 e. The van der Waals surface area contributed by atoms with E-state index in [4.69, 9.17) is 9.15 Å². The molecule has 5 nitrogen and oxygen atoms in total. The van der Waals surface area contributed by atoms with Crippen molar-refractivity contribution >= 4 is 16.9 Å². The molecule has 4 rings (SSSR count).